The molecular formula is C12H21N5O2. The normalized spacial score (nSPS) is 19.8. The molecule has 2 rings (SSSR count). The molecule has 1 aromatic heterocycles. The van der Waals surface area contributed by atoms with Crippen LogP contribution in [0.1, 0.15) is 25.0 Å². The molecule has 1 aliphatic rings. The highest BCUT2D eigenvalue weighted by molar-refractivity contribution is 5.81. The van der Waals surface area contributed by atoms with Crippen LogP contribution in [0.2, 0.25) is 0 Å². The molecule has 2 heterocycles. The van der Waals surface area contributed by atoms with Crippen LogP contribution in [0.15, 0.2) is 0 Å². The summed E-state index contributed by atoms with van der Waals surface area (Å²) in [5.74, 6) is 1.69. The van der Waals surface area contributed by atoms with E-state index in [9.17, 15) is 4.79 Å². The van der Waals surface area contributed by atoms with Crippen molar-refractivity contribution in [2.75, 3.05) is 13.7 Å². The molecule has 0 spiro atoms. The zero-order chi connectivity index (χ0) is 13.8. The number of carbonyl (C=O) groups is 1. The number of nitrogens with zero attached hydrogens (tertiary/aromatic N) is 3. The van der Waals surface area contributed by atoms with Crippen molar-refractivity contribution in [1.29, 1.82) is 0 Å². The summed E-state index contributed by atoms with van der Waals surface area (Å²) in [6, 6.07) is -0.553. The Morgan fingerprint density at radius 1 is 1.68 bits per heavy atom. The fraction of sp³-hybridized carbons (Fsp3) is 0.750. The predicted molar refractivity (Wildman–Crippen MR) is 69.5 cm³/mol. The molecule has 2 atom stereocenters. The van der Waals surface area contributed by atoms with E-state index < -0.39 is 6.04 Å². The number of rotatable bonds is 5. The minimum Gasteiger partial charge on any atom is -0.383 e. The van der Waals surface area contributed by atoms with Gasteiger partial charge in [0, 0.05) is 26.0 Å². The highest BCUT2D eigenvalue weighted by Crippen LogP contribution is 2.13. The molecule has 3 N–H and O–H groups in total. The number of aromatic nitrogens is 3. The van der Waals surface area contributed by atoms with Crippen molar-refractivity contribution >= 4 is 5.91 Å². The van der Waals surface area contributed by atoms with Crippen molar-refractivity contribution in [1.82, 2.24) is 20.1 Å². The summed E-state index contributed by atoms with van der Waals surface area (Å²) in [5, 5.41) is 7.35. The Kier molecular flexibility index (Phi) is 4.49. The molecule has 0 saturated heterocycles. The fourth-order valence-corrected chi connectivity index (χ4v) is 2.19. The monoisotopic (exact) mass is 267 g/mol. The molecule has 1 aromatic rings. The first kappa shape index (κ1) is 14.0. The third-order valence-electron chi connectivity index (χ3n) is 3.25. The molecule has 0 bridgehead atoms. The standard InChI is InChI=1S/C12H21N5O2/c1-3-10-15-11-5-4-8(6-17(11)16-10)14-12(18)9(13)7-19-2/h8-9H,3-7,13H2,1-2H3,(H,14,18). The second-order valence-electron chi connectivity index (χ2n) is 4.79. The number of nitrogens with two attached hydrogens (primary N) is 1. The molecule has 7 heteroatoms. The quantitative estimate of drug-likeness (QED) is 0.731. The van der Waals surface area contributed by atoms with Gasteiger partial charge in [-0.15, -0.1) is 0 Å². The first-order valence-corrected chi connectivity index (χ1v) is 6.61. The molecule has 0 fully saturated rings. The number of amides is 1. The van der Waals surface area contributed by atoms with Crippen molar-refractivity contribution in [2.24, 2.45) is 5.73 Å². The molecule has 7 nitrogen and oxygen atoms in total. The van der Waals surface area contributed by atoms with Gasteiger partial charge in [-0.1, -0.05) is 6.92 Å². The summed E-state index contributed by atoms with van der Waals surface area (Å²) in [6.45, 7) is 2.92. The number of methoxy groups -OCH3 is 1. The topological polar surface area (TPSA) is 95.1 Å². The Morgan fingerprint density at radius 3 is 3.16 bits per heavy atom. The number of hydrogen-bond acceptors (Lipinski definition) is 5. The lowest BCUT2D eigenvalue weighted by Crippen LogP contribution is -2.49. The zero-order valence-corrected chi connectivity index (χ0v) is 11.4. The Bertz CT molecular complexity index is 445. The minimum absolute atomic E-state index is 0.0642. The van der Waals surface area contributed by atoms with Gasteiger partial charge in [0.2, 0.25) is 5.91 Å². The third-order valence-corrected chi connectivity index (χ3v) is 3.25. The van der Waals surface area contributed by atoms with Crippen LogP contribution in [0.3, 0.4) is 0 Å². The largest absolute Gasteiger partial charge is 0.383 e. The molecule has 0 radical (unpaired) electrons. The Morgan fingerprint density at radius 2 is 2.47 bits per heavy atom. The molecular weight excluding hydrogens is 246 g/mol. The van der Waals surface area contributed by atoms with Gasteiger partial charge in [-0.3, -0.25) is 4.79 Å². The van der Waals surface area contributed by atoms with E-state index in [1.165, 1.54) is 7.11 Å². The molecule has 19 heavy (non-hydrogen) atoms. The molecule has 1 amide bonds. The Balaban J connectivity index is 1.92. The summed E-state index contributed by atoms with van der Waals surface area (Å²) in [5.41, 5.74) is 5.69. The van der Waals surface area contributed by atoms with Crippen LogP contribution in [-0.2, 0) is 28.9 Å². The van der Waals surface area contributed by atoms with Crippen LogP contribution < -0.4 is 11.1 Å². The minimum atomic E-state index is -0.617. The summed E-state index contributed by atoms with van der Waals surface area (Å²) in [6.07, 6.45) is 2.53. The van der Waals surface area contributed by atoms with Crippen LogP contribution in [0, 0.1) is 0 Å². The van der Waals surface area contributed by atoms with Gasteiger partial charge in [0.15, 0.2) is 5.82 Å². The maximum Gasteiger partial charge on any atom is 0.239 e. The maximum absolute atomic E-state index is 11.8. The van der Waals surface area contributed by atoms with E-state index in [1.807, 2.05) is 11.6 Å². The molecule has 0 aliphatic carbocycles. The van der Waals surface area contributed by atoms with E-state index in [-0.39, 0.29) is 18.6 Å². The number of aryl methyl sites for hydroxylation is 2. The summed E-state index contributed by atoms with van der Waals surface area (Å²) in [4.78, 5) is 16.3. The summed E-state index contributed by atoms with van der Waals surface area (Å²) in [7, 11) is 1.53. The lowest BCUT2D eigenvalue weighted by Gasteiger charge is -2.24. The van der Waals surface area contributed by atoms with Gasteiger partial charge in [-0.2, -0.15) is 5.10 Å². The second-order valence-corrected chi connectivity index (χ2v) is 4.79. The number of fused-ring (bicyclic) bond motifs is 1. The predicted octanol–water partition coefficient (Wildman–Crippen LogP) is -0.755. The summed E-state index contributed by atoms with van der Waals surface area (Å²) < 4.78 is 6.76. The van der Waals surface area contributed by atoms with E-state index in [0.717, 1.165) is 30.9 Å². The van der Waals surface area contributed by atoms with Crippen molar-refractivity contribution in [3.05, 3.63) is 11.6 Å². The molecule has 1 aliphatic heterocycles. The lowest BCUT2D eigenvalue weighted by molar-refractivity contribution is -0.124. The third kappa shape index (κ3) is 3.30. The zero-order valence-electron chi connectivity index (χ0n) is 11.4. The van der Waals surface area contributed by atoms with Gasteiger partial charge in [0.25, 0.3) is 0 Å². The first-order valence-electron chi connectivity index (χ1n) is 6.61. The van der Waals surface area contributed by atoms with Crippen molar-refractivity contribution in [3.8, 4) is 0 Å². The van der Waals surface area contributed by atoms with E-state index in [0.29, 0.717) is 6.54 Å². The van der Waals surface area contributed by atoms with E-state index in [1.54, 1.807) is 0 Å². The number of nitrogens with one attached hydrogen (secondary N) is 1. The lowest BCUT2D eigenvalue weighted by atomic mass is 10.1. The fourth-order valence-electron chi connectivity index (χ4n) is 2.19. The van der Waals surface area contributed by atoms with Crippen molar-refractivity contribution in [3.63, 3.8) is 0 Å². The van der Waals surface area contributed by atoms with E-state index in [4.69, 9.17) is 10.5 Å². The highest BCUT2D eigenvalue weighted by atomic mass is 16.5. The average molecular weight is 267 g/mol. The summed E-state index contributed by atoms with van der Waals surface area (Å²) >= 11 is 0. The van der Waals surface area contributed by atoms with Crippen LogP contribution in [0.4, 0.5) is 0 Å². The SMILES string of the molecule is CCc1nc2n(n1)CC(NC(=O)C(N)COC)CC2. The van der Waals surface area contributed by atoms with Crippen LogP contribution in [0.25, 0.3) is 0 Å². The molecule has 0 aromatic carbocycles. The van der Waals surface area contributed by atoms with Gasteiger partial charge in [0.1, 0.15) is 11.9 Å². The van der Waals surface area contributed by atoms with E-state index in [2.05, 4.69) is 15.4 Å². The van der Waals surface area contributed by atoms with Crippen LogP contribution >= 0.6 is 0 Å². The first-order chi connectivity index (χ1) is 9.13. The maximum atomic E-state index is 11.8. The van der Waals surface area contributed by atoms with Gasteiger partial charge >= 0.3 is 0 Å². The second kappa shape index (κ2) is 6.12. The van der Waals surface area contributed by atoms with Gasteiger partial charge in [-0.25, -0.2) is 9.67 Å². The highest BCUT2D eigenvalue weighted by Gasteiger charge is 2.24. The van der Waals surface area contributed by atoms with Gasteiger partial charge in [-0.05, 0) is 6.42 Å². The van der Waals surface area contributed by atoms with E-state index >= 15 is 0 Å². The number of hydrogen-bond donors (Lipinski definition) is 2. The molecule has 2 unspecified atom stereocenters. The van der Waals surface area contributed by atoms with Crippen molar-refractivity contribution in [2.45, 2.75) is 44.8 Å². The van der Waals surface area contributed by atoms with Gasteiger partial charge < -0.3 is 15.8 Å². The molecule has 0 saturated carbocycles. The Labute approximate surface area is 112 Å². The number of ether oxygens (including phenoxy) is 1. The Hall–Kier alpha value is -1.47. The van der Waals surface area contributed by atoms with Crippen LogP contribution in [-0.4, -0.2) is 46.5 Å². The molecule has 106 valence electrons. The number of carbonyl (C=O) groups excluding carboxylic acids is 1. The van der Waals surface area contributed by atoms with Crippen LogP contribution in [0.5, 0.6) is 0 Å². The average Bonchev–Trinajstić information content (AvgIpc) is 2.81. The van der Waals surface area contributed by atoms with Crippen molar-refractivity contribution < 1.29 is 9.53 Å². The van der Waals surface area contributed by atoms with Gasteiger partial charge in [0.05, 0.1) is 13.2 Å². The smallest absolute Gasteiger partial charge is 0.239 e.